The van der Waals surface area contributed by atoms with Gasteiger partial charge in [0.2, 0.25) is 0 Å². The van der Waals surface area contributed by atoms with E-state index in [9.17, 15) is 14.4 Å². The lowest BCUT2D eigenvalue weighted by Crippen LogP contribution is -2.44. The van der Waals surface area contributed by atoms with Crippen LogP contribution in [0.1, 0.15) is 30.4 Å². The highest BCUT2D eigenvalue weighted by Gasteiger charge is 2.59. The number of rotatable bonds is 4. The molecule has 0 heterocycles. The quantitative estimate of drug-likeness (QED) is 0.484. The van der Waals surface area contributed by atoms with Crippen LogP contribution in [-0.2, 0) is 23.9 Å². The highest BCUT2D eigenvalue weighted by molar-refractivity contribution is 6.05. The number of aryl methyl sites for hydroxylation is 1. The molecule has 0 fully saturated rings. The van der Waals surface area contributed by atoms with Crippen LogP contribution in [0.4, 0.5) is 0 Å². The number of benzene rings is 1. The van der Waals surface area contributed by atoms with Gasteiger partial charge in [-0.25, -0.2) is 0 Å². The first-order valence-corrected chi connectivity index (χ1v) is 7.30. The van der Waals surface area contributed by atoms with Crippen molar-refractivity contribution >= 4 is 18.2 Å². The molecular weight excluding hydrogens is 296 g/mol. The third-order valence-electron chi connectivity index (χ3n) is 4.48. The summed E-state index contributed by atoms with van der Waals surface area (Å²) in [6, 6.07) is 7.40. The summed E-state index contributed by atoms with van der Waals surface area (Å²) < 4.78 is 9.79. The lowest BCUT2D eigenvalue weighted by molar-refractivity contribution is -0.169. The normalized spacial score (nSPS) is 19.4. The van der Waals surface area contributed by atoms with E-state index in [0.29, 0.717) is 23.0 Å². The Kier molecular flexibility index (Phi) is 4.68. The fourth-order valence-electron chi connectivity index (χ4n) is 3.35. The van der Waals surface area contributed by atoms with E-state index >= 15 is 0 Å². The van der Waals surface area contributed by atoms with Gasteiger partial charge in [0.15, 0.2) is 5.41 Å². The van der Waals surface area contributed by atoms with E-state index in [-0.39, 0.29) is 6.42 Å². The smallest absolute Gasteiger partial charge is 0.324 e. The summed E-state index contributed by atoms with van der Waals surface area (Å²) in [4.78, 5) is 36.7. The second-order valence-electron chi connectivity index (χ2n) is 5.83. The molecule has 1 atom stereocenters. The van der Waals surface area contributed by atoms with Gasteiger partial charge in [-0.3, -0.25) is 14.4 Å². The Hall–Kier alpha value is -2.43. The SMILES string of the molecule is COC(=O)C1(C(=O)OC)CC(C)=C(C=O)[C@@H]1c1ccc(C)cc1. The molecule has 0 aromatic heterocycles. The summed E-state index contributed by atoms with van der Waals surface area (Å²) in [7, 11) is 2.46. The minimum atomic E-state index is -1.56. The van der Waals surface area contributed by atoms with Crippen molar-refractivity contribution < 1.29 is 23.9 Å². The highest BCUT2D eigenvalue weighted by Crippen LogP contribution is 2.53. The van der Waals surface area contributed by atoms with Gasteiger partial charge in [0.05, 0.1) is 14.2 Å². The highest BCUT2D eigenvalue weighted by atomic mass is 16.5. The lowest BCUT2D eigenvalue weighted by atomic mass is 9.71. The van der Waals surface area contributed by atoms with E-state index in [0.717, 1.165) is 5.56 Å². The number of carbonyl (C=O) groups is 3. The minimum absolute atomic E-state index is 0.110. The molecule has 0 N–H and O–H groups in total. The van der Waals surface area contributed by atoms with Gasteiger partial charge in [0.1, 0.15) is 6.29 Å². The van der Waals surface area contributed by atoms with Gasteiger partial charge >= 0.3 is 11.9 Å². The molecular formula is C18H20O5. The zero-order valence-electron chi connectivity index (χ0n) is 13.7. The van der Waals surface area contributed by atoms with Gasteiger partial charge in [0.25, 0.3) is 0 Å². The third kappa shape index (κ3) is 2.56. The van der Waals surface area contributed by atoms with E-state index in [1.807, 2.05) is 31.2 Å². The van der Waals surface area contributed by atoms with Gasteiger partial charge < -0.3 is 9.47 Å². The predicted molar refractivity (Wildman–Crippen MR) is 83.8 cm³/mol. The van der Waals surface area contributed by atoms with E-state index in [4.69, 9.17) is 9.47 Å². The molecule has 122 valence electrons. The van der Waals surface area contributed by atoms with Gasteiger partial charge in [-0.05, 0) is 25.8 Å². The van der Waals surface area contributed by atoms with Crippen molar-refractivity contribution in [2.45, 2.75) is 26.2 Å². The Morgan fingerprint density at radius 2 is 1.61 bits per heavy atom. The number of esters is 2. The average molecular weight is 316 g/mol. The molecule has 1 aromatic carbocycles. The number of carbonyl (C=O) groups excluding carboxylic acids is 3. The van der Waals surface area contributed by atoms with Crippen molar-refractivity contribution in [3.63, 3.8) is 0 Å². The molecule has 5 heteroatoms. The van der Waals surface area contributed by atoms with Crippen LogP contribution in [0, 0.1) is 12.3 Å². The first-order valence-electron chi connectivity index (χ1n) is 7.30. The van der Waals surface area contributed by atoms with Crippen LogP contribution >= 0.6 is 0 Å². The van der Waals surface area contributed by atoms with E-state index in [1.54, 1.807) is 6.92 Å². The summed E-state index contributed by atoms with van der Waals surface area (Å²) in [5.74, 6) is -2.09. The summed E-state index contributed by atoms with van der Waals surface area (Å²) in [6.07, 6.45) is 0.826. The van der Waals surface area contributed by atoms with Crippen LogP contribution in [0.2, 0.25) is 0 Å². The van der Waals surface area contributed by atoms with Crippen molar-refractivity contribution in [1.29, 1.82) is 0 Å². The second kappa shape index (κ2) is 6.36. The second-order valence-corrected chi connectivity index (χ2v) is 5.83. The van der Waals surface area contributed by atoms with E-state index < -0.39 is 23.3 Å². The monoisotopic (exact) mass is 316 g/mol. The zero-order valence-corrected chi connectivity index (χ0v) is 13.7. The Morgan fingerprint density at radius 3 is 2.04 bits per heavy atom. The van der Waals surface area contributed by atoms with Crippen LogP contribution < -0.4 is 0 Å². The van der Waals surface area contributed by atoms with Crippen LogP contribution in [0.3, 0.4) is 0 Å². The summed E-state index contributed by atoms with van der Waals surface area (Å²) in [5, 5.41) is 0. The average Bonchev–Trinajstić information content (AvgIpc) is 2.87. The fraction of sp³-hybridized carbons (Fsp3) is 0.389. The number of aldehydes is 1. The maximum Gasteiger partial charge on any atom is 0.324 e. The van der Waals surface area contributed by atoms with Crippen molar-refractivity contribution in [1.82, 2.24) is 0 Å². The molecule has 0 aliphatic heterocycles. The molecule has 0 saturated heterocycles. The molecule has 23 heavy (non-hydrogen) atoms. The first-order chi connectivity index (χ1) is 10.9. The minimum Gasteiger partial charge on any atom is -0.468 e. The predicted octanol–water partition coefficient (Wildman–Crippen LogP) is 2.33. The van der Waals surface area contributed by atoms with Crippen LogP contribution in [0.15, 0.2) is 35.4 Å². The topological polar surface area (TPSA) is 69.7 Å². The number of hydrogen-bond donors (Lipinski definition) is 0. The molecule has 0 amide bonds. The molecule has 0 saturated carbocycles. The lowest BCUT2D eigenvalue weighted by Gasteiger charge is -2.31. The Bertz CT molecular complexity index is 653. The number of methoxy groups -OCH3 is 2. The molecule has 1 aliphatic rings. The number of hydrogen-bond acceptors (Lipinski definition) is 5. The third-order valence-corrected chi connectivity index (χ3v) is 4.48. The maximum absolute atomic E-state index is 12.5. The fourth-order valence-corrected chi connectivity index (χ4v) is 3.35. The number of ether oxygens (including phenoxy) is 2. The van der Waals surface area contributed by atoms with Gasteiger partial charge in [-0.1, -0.05) is 35.4 Å². The largest absolute Gasteiger partial charge is 0.468 e. The summed E-state index contributed by atoms with van der Waals surface area (Å²) >= 11 is 0. The standard InChI is InChI=1S/C18H20O5/c1-11-5-7-13(8-6-11)15-14(10-19)12(2)9-18(15,16(20)22-3)17(21)23-4/h5-8,10,15H,9H2,1-4H3/t15-/m0/s1. The molecule has 0 bridgehead atoms. The molecule has 1 aliphatic carbocycles. The van der Waals surface area contributed by atoms with Gasteiger partial charge in [-0.2, -0.15) is 0 Å². The summed E-state index contributed by atoms with van der Waals surface area (Å²) in [6.45, 7) is 3.69. The molecule has 0 radical (unpaired) electrons. The van der Waals surface area contributed by atoms with Gasteiger partial charge in [-0.15, -0.1) is 0 Å². The molecule has 5 nitrogen and oxygen atoms in total. The van der Waals surface area contributed by atoms with Crippen LogP contribution in [0.5, 0.6) is 0 Å². The molecule has 1 aromatic rings. The Morgan fingerprint density at radius 1 is 1.09 bits per heavy atom. The zero-order chi connectivity index (χ0) is 17.2. The van der Waals surface area contributed by atoms with Crippen LogP contribution in [0.25, 0.3) is 0 Å². The first kappa shape index (κ1) is 16.9. The molecule has 0 unspecified atom stereocenters. The van der Waals surface area contributed by atoms with Crippen molar-refractivity contribution in [3.8, 4) is 0 Å². The van der Waals surface area contributed by atoms with Gasteiger partial charge in [0, 0.05) is 11.5 Å². The van der Waals surface area contributed by atoms with Crippen molar-refractivity contribution in [2.75, 3.05) is 14.2 Å². The van der Waals surface area contributed by atoms with E-state index in [2.05, 4.69) is 0 Å². The Balaban J connectivity index is 2.70. The Labute approximate surface area is 135 Å². The van der Waals surface area contributed by atoms with Crippen LogP contribution in [-0.4, -0.2) is 32.4 Å². The van der Waals surface area contributed by atoms with Crippen molar-refractivity contribution in [2.24, 2.45) is 5.41 Å². The molecule has 2 rings (SSSR count). The maximum atomic E-state index is 12.5. The van der Waals surface area contributed by atoms with E-state index in [1.165, 1.54) is 14.2 Å². The summed E-state index contributed by atoms with van der Waals surface area (Å²) in [5.41, 5.74) is 1.33. The number of allylic oxidation sites excluding steroid dienone is 2. The van der Waals surface area contributed by atoms with Crippen molar-refractivity contribution in [3.05, 3.63) is 46.5 Å². The molecule has 0 spiro atoms.